The summed E-state index contributed by atoms with van der Waals surface area (Å²) in [7, 11) is 0. The van der Waals surface area contributed by atoms with Crippen molar-refractivity contribution in [3.8, 4) is 0 Å². The Bertz CT molecular complexity index is 594. The molecule has 19 heavy (non-hydrogen) atoms. The zero-order chi connectivity index (χ0) is 14.0. The number of nitrogens with two attached hydrogens (primary N) is 1. The lowest BCUT2D eigenvalue weighted by Gasteiger charge is -2.11. The van der Waals surface area contributed by atoms with Crippen LogP contribution in [0.2, 0.25) is 0 Å². The number of H-pyrrole nitrogens is 1. The Morgan fingerprint density at radius 2 is 2.11 bits per heavy atom. The number of aromatic nitrogens is 3. The van der Waals surface area contributed by atoms with E-state index in [4.69, 9.17) is 11.1 Å². The molecule has 0 amide bonds. The van der Waals surface area contributed by atoms with Gasteiger partial charge < -0.3 is 5.73 Å². The van der Waals surface area contributed by atoms with Crippen molar-refractivity contribution in [1.82, 2.24) is 15.2 Å². The molecule has 2 rings (SSSR count). The largest absolute Gasteiger partial charge is 0.416 e. The third-order valence-electron chi connectivity index (χ3n) is 2.20. The van der Waals surface area contributed by atoms with E-state index in [-0.39, 0.29) is 5.56 Å². The zero-order valence-corrected chi connectivity index (χ0v) is 10.1. The monoisotopic (exact) mass is 287 g/mol. The molecule has 0 aliphatic rings. The van der Waals surface area contributed by atoms with Crippen molar-refractivity contribution >= 4 is 17.6 Å². The topological polar surface area (TPSA) is 91.4 Å². The average molecular weight is 287 g/mol. The second kappa shape index (κ2) is 4.92. The third-order valence-corrected chi connectivity index (χ3v) is 3.16. The summed E-state index contributed by atoms with van der Waals surface area (Å²) in [6, 6.07) is 3.04. The Balaban J connectivity index is 2.41. The smallest absolute Gasteiger partial charge is 0.384 e. The standard InChI is InChI=1S/C10H8F3N5S/c11-10(12,13)5-1-2-7(6(3-5)8(14)15)19-9-16-4-17-18-9/h1-4H,(H3,14,15)(H,16,17,18). The molecule has 0 radical (unpaired) electrons. The molecular formula is C10H8F3N5S. The predicted octanol–water partition coefficient (Wildman–Crippen LogP) is 2.26. The first-order valence-corrected chi connectivity index (χ1v) is 5.78. The van der Waals surface area contributed by atoms with Gasteiger partial charge in [0.1, 0.15) is 12.2 Å². The van der Waals surface area contributed by atoms with Crippen molar-refractivity contribution in [3.63, 3.8) is 0 Å². The van der Waals surface area contributed by atoms with Crippen LogP contribution in [0.15, 0.2) is 34.6 Å². The lowest BCUT2D eigenvalue weighted by atomic mass is 10.1. The van der Waals surface area contributed by atoms with Crippen molar-refractivity contribution in [2.24, 2.45) is 5.73 Å². The lowest BCUT2D eigenvalue weighted by molar-refractivity contribution is -0.137. The molecule has 0 aliphatic carbocycles. The van der Waals surface area contributed by atoms with Crippen LogP contribution in [0.1, 0.15) is 11.1 Å². The van der Waals surface area contributed by atoms with Gasteiger partial charge in [-0.3, -0.25) is 10.5 Å². The minimum Gasteiger partial charge on any atom is -0.384 e. The fraction of sp³-hybridized carbons (Fsp3) is 0.100. The van der Waals surface area contributed by atoms with Crippen LogP contribution in [-0.4, -0.2) is 21.0 Å². The van der Waals surface area contributed by atoms with Crippen LogP contribution >= 0.6 is 11.8 Å². The van der Waals surface area contributed by atoms with Crippen molar-refractivity contribution in [1.29, 1.82) is 5.41 Å². The maximum atomic E-state index is 12.6. The number of nitrogen functional groups attached to an aromatic ring is 1. The third kappa shape index (κ3) is 3.05. The van der Waals surface area contributed by atoms with E-state index >= 15 is 0 Å². The van der Waals surface area contributed by atoms with Crippen LogP contribution in [0.5, 0.6) is 0 Å². The Morgan fingerprint density at radius 3 is 2.63 bits per heavy atom. The molecular weight excluding hydrogens is 279 g/mol. The highest BCUT2D eigenvalue weighted by atomic mass is 32.2. The van der Waals surface area contributed by atoms with E-state index < -0.39 is 17.6 Å². The fourth-order valence-electron chi connectivity index (χ4n) is 1.35. The molecule has 2 aromatic rings. The molecule has 0 saturated heterocycles. The summed E-state index contributed by atoms with van der Waals surface area (Å²) in [6.07, 6.45) is -3.19. The number of aromatic amines is 1. The highest BCUT2D eigenvalue weighted by Crippen LogP contribution is 2.34. The number of amidine groups is 1. The van der Waals surface area contributed by atoms with E-state index in [0.717, 1.165) is 23.9 Å². The Labute approximate surface area is 109 Å². The molecule has 1 aromatic heterocycles. The molecule has 0 unspecified atom stereocenters. The average Bonchev–Trinajstić information content (AvgIpc) is 2.80. The Hall–Kier alpha value is -2.03. The first kappa shape index (κ1) is 13.4. The highest BCUT2D eigenvalue weighted by molar-refractivity contribution is 7.99. The maximum Gasteiger partial charge on any atom is 0.416 e. The van der Waals surface area contributed by atoms with Gasteiger partial charge in [0.25, 0.3) is 0 Å². The van der Waals surface area contributed by atoms with Crippen LogP contribution in [0, 0.1) is 5.41 Å². The molecule has 0 atom stereocenters. The molecule has 1 heterocycles. The number of alkyl halides is 3. The minimum atomic E-state index is -4.47. The van der Waals surface area contributed by atoms with E-state index in [1.54, 1.807) is 0 Å². The van der Waals surface area contributed by atoms with Crippen LogP contribution < -0.4 is 5.73 Å². The molecule has 0 bridgehead atoms. The SMILES string of the molecule is N=C(N)c1cc(C(F)(F)F)ccc1Sc1ncn[nH]1. The van der Waals surface area contributed by atoms with E-state index in [9.17, 15) is 13.2 Å². The number of nitrogens with zero attached hydrogens (tertiary/aromatic N) is 2. The van der Waals surface area contributed by atoms with Crippen molar-refractivity contribution in [2.75, 3.05) is 0 Å². The van der Waals surface area contributed by atoms with E-state index in [1.807, 2.05) is 0 Å². The predicted molar refractivity (Wildman–Crippen MR) is 63.0 cm³/mol. The van der Waals surface area contributed by atoms with Crippen molar-refractivity contribution in [3.05, 3.63) is 35.7 Å². The zero-order valence-electron chi connectivity index (χ0n) is 9.32. The van der Waals surface area contributed by atoms with E-state index in [2.05, 4.69) is 15.2 Å². The van der Waals surface area contributed by atoms with Gasteiger partial charge in [0.2, 0.25) is 0 Å². The Morgan fingerprint density at radius 1 is 1.37 bits per heavy atom. The van der Waals surface area contributed by atoms with Gasteiger partial charge in [-0.2, -0.15) is 18.3 Å². The van der Waals surface area contributed by atoms with Gasteiger partial charge in [-0.05, 0) is 30.0 Å². The molecule has 5 nitrogen and oxygen atoms in total. The summed E-state index contributed by atoms with van der Waals surface area (Å²) < 4.78 is 37.8. The van der Waals surface area contributed by atoms with Gasteiger partial charge in [0, 0.05) is 10.5 Å². The van der Waals surface area contributed by atoms with Crippen LogP contribution in [-0.2, 0) is 6.18 Å². The van der Waals surface area contributed by atoms with Crippen LogP contribution in [0.4, 0.5) is 13.2 Å². The van der Waals surface area contributed by atoms with Gasteiger partial charge in [-0.1, -0.05) is 0 Å². The first-order valence-electron chi connectivity index (χ1n) is 4.97. The second-order valence-corrected chi connectivity index (χ2v) is 4.55. The van der Waals surface area contributed by atoms with Gasteiger partial charge >= 0.3 is 6.18 Å². The molecule has 0 spiro atoms. The van der Waals surface area contributed by atoms with Gasteiger partial charge in [-0.15, -0.1) is 0 Å². The van der Waals surface area contributed by atoms with Gasteiger partial charge in [-0.25, -0.2) is 4.98 Å². The summed E-state index contributed by atoms with van der Waals surface area (Å²) in [5.74, 6) is -0.437. The first-order chi connectivity index (χ1) is 8.88. The number of benzene rings is 1. The minimum absolute atomic E-state index is 0.0104. The van der Waals surface area contributed by atoms with E-state index in [0.29, 0.717) is 10.1 Å². The summed E-state index contributed by atoms with van der Waals surface area (Å²) in [4.78, 5) is 4.25. The normalized spacial score (nSPS) is 11.5. The molecule has 4 N–H and O–H groups in total. The second-order valence-electron chi connectivity index (χ2n) is 3.52. The number of hydrogen-bond donors (Lipinski definition) is 3. The van der Waals surface area contributed by atoms with Crippen molar-refractivity contribution in [2.45, 2.75) is 16.2 Å². The maximum absolute atomic E-state index is 12.6. The quantitative estimate of drug-likeness (QED) is 0.596. The summed E-state index contributed by atoms with van der Waals surface area (Å²) in [5, 5.41) is 14.0. The van der Waals surface area contributed by atoms with E-state index in [1.165, 1.54) is 12.4 Å². The Kier molecular flexibility index (Phi) is 3.47. The van der Waals surface area contributed by atoms with Crippen LogP contribution in [0.3, 0.4) is 0 Å². The summed E-state index contributed by atoms with van der Waals surface area (Å²) in [5.41, 5.74) is 4.47. The molecule has 0 saturated carbocycles. The number of hydrogen-bond acceptors (Lipinski definition) is 4. The number of nitrogens with one attached hydrogen (secondary N) is 2. The molecule has 0 aliphatic heterocycles. The molecule has 100 valence electrons. The molecule has 1 aromatic carbocycles. The summed E-state index contributed by atoms with van der Waals surface area (Å²) in [6.45, 7) is 0. The molecule has 0 fully saturated rings. The lowest BCUT2D eigenvalue weighted by Crippen LogP contribution is -2.15. The fourth-order valence-corrected chi connectivity index (χ4v) is 2.17. The highest BCUT2D eigenvalue weighted by Gasteiger charge is 2.31. The van der Waals surface area contributed by atoms with Gasteiger partial charge in [0.05, 0.1) is 5.56 Å². The molecule has 9 heteroatoms. The summed E-state index contributed by atoms with van der Waals surface area (Å²) >= 11 is 1.05. The number of halogens is 3. The van der Waals surface area contributed by atoms with Gasteiger partial charge in [0.15, 0.2) is 5.16 Å². The van der Waals surface area contributed by atoms with Crippen LogP contribution in [0.25, 0.3) is 0 Å². The van der Waals surface area contributed by atoms with Crippen molar-refractivity contribution < 1.29 is 13.2 Å². The number of rotatable bonds is 3.